The van der Waals surface area contributed by atoms with Gasteiger partial charge in [-0.3, -0.25) is 19.9 Å². The van der Waals surface area contributed by atoms with Crippen molar-refractivity contribution < 1.29 is 28.7 Å². The lowest BCUT2D eigenvalue weighted by Gasteiger charge is -2.40. The maximum atomic E-state index is 13.2. The SMILES string of the molecule is COC(=O)[C@H]1CN(C(=O)OC(C)(C)C)CCN1C(=O)CCc1ccc(-c2ccc(CCCCN=C(N)NC(=O)c3nc(Cl)c(N)nc3N)cc2)cc1. The molecule has 278 valence electrons. The van der Waals surface area contributed by atoms with Crippen LogP contribution in [-0.4, -0.2) is 94.5 Å². The van der Waals surface area contributed by atoms with E-state index in [-0.39, 0.29) is 60.4 Å². The van der Waals surface area contributed by atoms with Crippen molar-refractivity contribution in [1.82, 2.24) is 25.1 Å². The number of methoxy groups -OCH3 is 1. The molecular formula is C36H46ClN9O6. The quantitative estimate of drug-likeness (QED) is 0.0964. The van der Waals surface area contributed by atoms with Crippen LogP contribution in [0.4, 0.5) is 16.4 Å². The smallest absolute Gasteiger partial charge is 0.410 e. The standard InChI is InChI=1S/C36H46ClN9O6/c1-36(2,3)52-35(50)45-19-20-46(26(21-45)33(49)51-4)27(47)17-12-23-10-15-25(16-11-23)24-13-8-22(9-14-24)7-5-6-18-41-34(40)44-32(48)28-30(38)43-31(39)29(37)42-28/h8-11,13-16,26H,5-7,12,17-21H2,1-4H3,(H4,38,39,43)(H3,40,41,44,48)/t26-/m1/s1. The summed E-state index contributed by atoms with van der Waals surface area (Å²) < 4.78 is 10.4. The summed E-state index contributed by atoms with van der Waals surface area (Å²) in [5.74, 6) is -1.74. The molecule has 2 heterocycles. The van der Waals surface area contributed by atoms with Crippen LogP contribution in [0, 0.1) is 0 Å². The van der Waals surface area contributed by atoms with E-state index in [0.29, 0.717) is 13.0 Å². The molecule has 1 saturated heterocycles. The van der Waals surface area contributed by atoms with E-state index in [2.05, 4.69) is 44.5 Å². The minimum atomic E-state index is -0.894. The Balaban J connectivity index is 1.21. The molecule has 7 N–H and O–H groups in total. The van der Waals surface area contributed by atoms with Crippen LogP contribution in [0.15, 0.2) is 53.5 Å². The van der Waals surface area contributed by atoms with Crippen molar-refractivity contribution in [1.29, 1.82) is 0 Å². The van der Waals surface area contributed by atoms with E-state index >= 15 is 0 Å². The first-order valence-corrected chi connectivity index (χ1v) is 17.3. The van der Waals surface area contributed by atoms with Gasteiger partial charge in [-0.1, -0.05) is 60.1 Å². The van der Waals surface area contributed by atoms with Crippen LogP contribution in [-0.2, 0) is 31.9 Å². The molecule has 0 bridgehead atoms. The summed E-state index contributed by atoms with van der Waals surface area (Å²) in [5.41, 5.74) is 20.5. The molecule has 0 aliphatic carbocycles. The van der Waals surface area contributed by atoms with Gasteiger partial charge in [0.05, 0.1) is 13.7 Å². The Morgan fingerprint density at radius 1 is 0.923 bits per heavy atom. The largest absolute Gasteiger partial charge is 0.467 e. The van der Waals surface area contributed by atoms with Gasteiger partial charge in [0.25, 0.3) is 5.91 Å². The summed E-state index contributed by atoms with van der Waals surface area (Å²) in [4.78, 5) is 65.5. The van der Waals surface area contributed by atoms with Crippen LogP contribution in [0.3, 0.4) is 0 Å². The summed E-state index contributed by atoms with van der Waals surface area (Å²) in [7, 11) is 1.27. The van der Waals surface area contributed by atoms with Gasteiger partial charge in [-0.25, -0.2) is 19.6 Å². The zero-order valence-electron chi connectivity index (χ0n) is 29.9. The number of benzene rings is 2. The number of guanidine groups is 1. The number of nitrogens with two attached hydrogens (primary N) is 3. The highest BCUT2D eigenvalue weighted by Gasteiger charge is 2.38. The number of piperazine rings is 1. The number of hydrogen-bond donors (Lipinski definition) is 4. The van der Waals surface area contributed by atoms with Crippen LogP contribution < -0.4 is 22.5 Å². The molecule has 0 saturated carbocycles. The number of ether oxygens (including phenoxy) is 2. The van der Waals surface area contributed by atoms with Gasteiger partial charge in [0.15, 0.2) is 28.4 Å². The van der Waals surface area contributed by atoms with E-state index in [0.717, 1.165) is 36.0 Å². The Hall–Kier alpha value is -5.44. The third-order valence-corrected chi connectivity index (χ3v) is 8.49. The lowest BCUT2D eigenvalue weighted by Crippen LogP contribution is -2.60. The molecule has 1 aromatic heterocycles. The first kappa shape index (κ1) is 39.3. The number of nitrogen functional groups attached to an aromatic ring is 2. The van der Waals surface area contributed by atoms with Crippen LogP contribution >= 0.6 is 11.6 Å². The summed E-state index contributed by atoms with van der Waals surface area (Å²) >= 11 is 5.83. The van der Waals surface area contributed by atoms with E-state index in [1.54, 1.807) is 20.8 Å². The molecule has 1 atom stereocenters. The van der Waals surface area contributed by atoms with Crippen molar-refractivity contribution in [2.45, 2.75) is 64.5 Å². The van der Waals surface area contributed by atoms with Gasteiger partial charge >= 0.3 is 12.1 Å². The van der Waals surface area contributed by atoms with Gasteiger partial charge in [-0.05, 0) is 68.7 Å². The number of amides is 3. The van der Waals surface area contributed by atoms with Crippen molar-refractivity contribution >= 4 is 53.1 Å². The molecule has 0 radical (unpaired) electrons. The summed E-state index contributed by atoms with van der Waals surface area (Å²) in [5, 5.41) is 2.29. The molecule has 3 amide bonds. The molecule has 3 aromatic rings. The number of nitrogens with zero attached hydrogens (tertiary/aromatic N) is 5. The normalized spacial score (nSPS) is 14.9. The molecule has 4 rings (SSSR count). The zero-order chi connectivity index (χ0) is 38.0. The van der Waals surface area contributed by atoms with Gasteiger partial charge in [0.2, 0.25) is 5.91 Å². The highest BCUT2D eigenvalue weighted by atomic mass is 35.5. The number of aliphatic imine (C=N–C) groups is 1. The first-order valence-electron chi connectivity index (χ1n) is 16.9. The third kappa shape index (κ3) is 11.0. The first-order chi connectivity index (χ1) is 24.6. The Kier molecular flexibility index (Phi) is 13.4. The van der Waals surface area contributed by atoms with Gasteiger partial charge in [-0.2, -0.15) is 0 Å². The van der Waals surface area contributed by atoms with Crippen molar-refractivity contribution in [2.24, 2.45) is 10.7 Å². The summed E-state index contributed by atoms with van der Waals surface area (Å²) in [6, 6.07) is 15.5. The second-order valence-electron chi connectivity index (χ2n) is 13.3. The molecular weight excluding hydrogens is 690 g/mol. The fraction of sp³-hybridized carbons (Fsp3) is 0.417. The summed E-state index contributed by atoms with van der Waals surface area (Å²) in [6.45, 7) is 6.24. The number of halogens is 1. The Labute approximate surface area is 307 Å². The number of carbonyl (C=O) groups excluding carboxylic acids is 4. The zero-order valence-corrected chi connectivity index (χ0v) is 30.6. The maximum Gasteiger partial charge on any atom is 0.410 e. The molecule has 15 nitrogen and oxygen atoms in total. The van der Waals surface area contributed by atoms with Crippen molar-refractivity contribution in [3.05, 3.63) is 70.5 Å². The Bertz CT molecular complexity index is 1780. The molecule has 2 aromatic carbocycles. The predicted molar refractivity (Wildman–Crippen MR) is 198 cm³/mol. The maximum absolute atomic E-state index is 13.2. The number of hydrogen-bond acceptors (Lipinski definition) is 11. The molecule has 16 heteroatoms. The molecule has 1 aliphatic rings. The van der Waals surface area contributed by atoms with E-state index in [1.807, 2.05) is 24.3 Å². The Morgan fingerprint density at radius 3 is 2.13 bits per heavy atom. The van der Waals surface area contributed by atoms with Gasteiger partial charge in [-0.15, -0.1) is 0 Å². The number of carbonyl (C=O) groups is 4. The topological polar surface area (TPSA) is 221 Å². The molecule has 1 aliphatic heterocycles. The molecule has 52 heavy (non-hydrogen) atoms. The van der Waals surface area contributed by atoms with Crippen molar-refractivity contribution in [2.75, 3.05) is 44.8 Å². The Morgan fingerprint density at radius 2 is 1.54 bits per heavy atom. The minimum absolute atomic E-state index is 0.0157. The number of nitrogens with one attached hydrogen (secondary N) is 1. The highest BCUT2D eigenvalue weighted by molar-refractivity contribution is 6.31. The van der Waals surface area contributed by atoms with E-state index in [9.17, 15) is 19.2 Å². The average molecular weight is 736 g/mol. The number of rotatable bonds is 11. The van der Waals surface area contributed by atoms with Crippen LogP contribution in [0.5, 0.6) is 0 Å². The fourth-order valence-corrected chi connectivity index (χ4v) is 5.63. The average Bonchev–Trinajstić information content (AvgIpc) is 3.11. The number of aromatic nitrogens is 2. The van der Waals surface area contributed by atoms with Gasteiger partial charge in [0.1, 0.15) is 11.6 Å². The van der Waals surface area contributed by atoms with Crippen LogP contribution in [0.25, 0.3) is 11.1 Å². The molecule has 0 spiro atoms. The summed E-state index contributed by atoms with van der Waals surface area (Å²) in [6.07, 6.45) is 2.65. The number of anilines is 2. The monoisotopic (exact) mass is 735 g/mol. The van der Waals surface area contributed by atoms with Crippen LogP contribution in [0.2, 0.25) is 5.15 Å². The molecule has 1 fully saturated rings. The van der Waals surface area contributed by atoms with E-state index in [4.69, 9.17) is 38.3 Å². The number of aryl methyl sites for hydroxylation is 2. The van der Waals surface area contributed by atoms with Crippen molar-refractivity contribution in [3.63, 3.8) is 0 Å². The molecule has 0 unspecified atom stereocenters. The van der Waals surface area contributed by atoms with Gasteiger partial charge in [0, 0.05) is 26.1 Å². The second-order valence-corrected chi connectivity index (χ2v) is 13.6. The number of unbranched alkanes of at least 4 members (excludes halogenated alkanes) is 1. The van der Waals surface area contributed by atoms with Crippen LogP contribution in [0.1, 0.15) is 61.6 Å². The lowest BCUT2D eigenvalue weighted by atomic mass is 9.99. The second kappa shape index (κ2) is 17.7. The number of esters is 1. The van der Waals surface area contributed by atoms with E-state index < -0.39 is 29.6 Å². The lowest BCUT2D eigenvalue weighted by molar-refractivity contribution is -0.156. The van der Waals surface area contributed by atoms with Crippen molar-refractivity contribution in [3.8, 4) is 11.1 Å². The highest BCUT2D eigenvalue weighted by Crippen LogP contribution is 2.23. The predicted octanol–water partition coefficient (Wildman–Crippen LogP) is 3.58. The minimum Gasteiger partial charge on any atom is -0.467 e. The van der Waals surface area contributed by atoms with E-state index in [1.165, 1.54) is 22.5 Å². The van der Waals surface area contributed by atoms with Gasteiger partial charge < -0.3 is 36.5 Å². The fourth-order valence-electron chi connectivity index (χ4n) is 5.50. The third-order valence-electron chi connectivity index (χ3n) is 8.21.